The highest BCUT2D eigenvalue weighted by Gasteiger charge is 2.24. The van der Waals surface area contributed by atoms with Crippen molar-refractivity contribution in [3.63, 3.8) is 0 Å². The summed E-state index contributed by atoms with van der Waals surface area (Å²) in [6.45, 7) is 4.82. The van der Waals surface area contributed by atoms with Gasteiger partial charge in [-0.25, -0.2) is 8.78 Å². The lowest BCUT2D eigenvalue weighted by atomic mass is 10.1. The Morgan fingerprint density at radius 2 is 1.50 bits per heavy atom. The normalized spacial score (nSPS) is 14.5. The Balaban J connectivity index is 1.68. The minimum atomic E-state index is -0.446. The first-order valence-electron chi connectivity index (χ1n) is 8.47. The van der Waals surface area contributed by atoms with Gasteiger partial charge in [-0.2, -0.15) is 0 Å². The van der Waals surface area contributed by atoms with Crippen molar-refractivity contribution >= 4 is 17.4 Å². The van der Waals surface area contributed by atoms with E-state index in [-0.39, 0.29) is 11.7 Å². The molecular formula is C20H20F2N2O2. The molecule has 0 atom stereocenters. The smallest absolute Gasteiger partial charge is 0.254 e. The summed E-state index contributed by atoms with van der Waals surface area (Å²) in [5.74, 6) is -1.26. The number of hydrogen-bond acceptors (Lipinski definition) is 3. The molecule has 0 aliphatic carbocycles. The number of amides is 1. The maximum absolute atomic E-state index is 14.3. The molecule has 2 aromatic carbocycles. The molecule has 1 aliphatic rings. The molecule has 1 amide bonds. The van der Waals surface area contributed by atoms with Gasteiger partial charge in [0.15, 0.2) is 5.78 Å². The van der Waals surface area contributed by atoms with Gasteiger partial charge in [0, 0.05) is 37.3 Å². The zero-order valence-electron chi connectivity index (χ0n) is 14.8. The van der Waals surface area contributed by atoms with Crippen LogP contribution in [0.5, 0.6) is 0 Å². The lowest BCUT2D eigenvalue weighted by Gasteiger charge is -2.36. The molecule has 136 valence electrons. The third-order valence-electron chi connectivity index (χ3n) is 4.68. The first-order valence-corrected chi connectivity index (χ1v) is 8.47. The molecule has 6 heteroatoms. The third-order valence-corrected chi connectivity index (χ3v) is 4.68. The Bertz CT molecular complexity index is 859. The highest BCUT2D eigenvalue weighted by Crippen LogP contribution is 2.23. The monoisotopic (exact) mass is 358 g/mol. The summed E-state index contributed by atoms with van der Waals surface area (Å²) in [4.78, 5) is 27.3. The first-order chi connectivity index (χ1) is 12.4. The topological polar surface area (TPSA) is 40.6 Å². The number of piperazine rings is 1. The van der Waals surface area contributed by atoms with Crippen molar-refractivity contribution in [2.75, 3.05) is 31.1 Å². The van der Waals surface area contributed by atoms with E-state index in [1.807, 2.05) is 4.90 Å². The van der Waals surface area contributed by atoms with Gasteiger partial charge in [-0.1, -0.05) is 6.07 Å². The fourth-order valence-corrected chi connectivity index (χ4v) is 3.04. The lowest BCUT2D eigenvalue weighted by molar-refractivity contribution is 0.0746. The number of hydrogen-bond donors (Lipinski definition) is 0. The van der Waals surface area contributed by atoms with Crippen molar-refractivity contribution in [1.82, 2.24) is 4.90 Å². The van der Waals surface area contributed by atoms with Crippen LogP contribution in [0.15, 0.2) is 36.4 Å². The number of Topliss-reactive ketones (excluding diaryl/α,β-unsaturated/α-hetero) is 1. The van der Waals surface area contributed by atoms with Crippen molar-refractivity contribution in [3.05, 3.63) is 64.7 Å². The summed E-state index contributed by atoms with van der Waals surface area (Å²) in [6.07, 6.45) is 0. The molecule has 1 saturated heterocycles. The van der Waals surface area contributed by atoms with Gasteiger partial charge in [-0.3, -0.25) is 9.59 Å². The van der Waals surface area contributed by atoms with Crippen LogP contribution >= 0.6 is 0 Å². The lowest BCUT2D eigenvalue weighted by Crippen LogP contribution is -2.49. The number of benzene rings is 2. The second-order valence-corrected chi connectivity index (χ2v) is 6.47. The maximum Gasteiger partial charge on any atom is 0.254 e. The number of aryl methyl sites for hydroxylation is 1. The number of nitrogens with zero attached hydrogens (tertiary/aromatic N) is 2. The average molecular weight is 358 g/mol. The number of carbonyl (C=O) groups is 2. The Morgan fingerprint density at radius 1 is 0.885 bits per heavy atom. The molecule has 0 N–H and O–H groups in total. The van der Waals surface area contributed by atoms with Crippen LogP contribution in [0.25, 0.3) is 0 Å². The van der Waals surface area contributed by atoms with Crippen LogP contribution < -0.4 is 4.90 Å². The summed E-state index contributed by atoms with van der Waals surface area (Å²) in [5.41, 5.74) is 1.57. The van der Waals surface area contributed by atoms with E-state index >= 15 is 0 Å². The minimum absolute atomic E-state index is 0.184. The standard InChI is InChI=1S/C20H20F2N2O2/c1-13-3-4-16(12-17(13)21)20(26)24-9-7-23(8-10-24)19-6-5-15(14(2)25)11-18(19)22/h3-6,11-12H,7-10H2,1-2H3. The number of anilines is 1. The second kappa shape index (κ2) is 7.23. The highest BCUT2D eigenvalue weighted by atomic mass is 19.1. The van der Waals surface area contributed by atoms with Crippen molar-refractivity contribution in [1.29, 1.82) is 0 Å². The third kappa shape index (κ3) is 3.59. The van der Waals surface area contributed by atoms with Gasteiger partial charge < -0.3 is 9.80 Å². The van der Waals surface area contributed by atoms with E-state index in [0.717, 1.165) is 0 Å². The predicted octanol–water partition coefficient (Wildman–Crippen LogP) is 3.44. The molecule has 1 aliphatic heterocycles. The minimum Gasteiger partial charge on any atom is -0.366 e. The van der Waals surface area contributed by atoms with Crippen LogP contribution in [0.2, 0.25) is 0 Å². The molecule has 0 spiro atoms. The Labute approximate surface area is 151 Å². The summed E-state index contributed by atoms with van der Waals surface area (Å²) in [5, 5.41) is 0. The molecule has 0 saturated carbocycles. The van der Waals surface area contributed by atoms with Gasteiger partial charge in [0.05, 0.1) is 5.69 Å². The maximum atomic E-state index is 14.3. The molecule has 1 fully saturated rings. The van der Waals surface area contributed by atoms with Gasteiger partial charge in [-0.05, 0) is 49.7 Å². The van der Waals surface area contributed by atoms with Crippen LogP contribution in [-0.4, -0.2) is 42.8 Å². The molecule has 3 rings (SSSR count). The molecule has 0 unspecified atom stereocenters. The van der Waals surface area contributed by atoms with Gasteiger partial charge in [0.1, 0.15) is 11.6 Å². The van der Waals surface area contributed by atoms with Crippen molar-refractivity contribution < 1.29 is 18.4 Å². The Morgan fingerprint density at radius 3 is 2.08 bits per heavy atom. The van der Waals surface area contributed by atoms with E-state index in [1.54, 1.807) is 36.1 Å². The van der Waals surface area contributed by atoms with E-state index in [4.69, 9.17) is 0 Å². The van der Waals surface area contributed by atoms with E-state index in [2.05, 4.69) is 0 Å². The van der Waals surface area contributed by atoms with E-state index < -0.39 is 11.6 Å². The quantitative estimate of drug-likeness (QED) is 0.789. The van der Waals surface area contributed by atoms with Gasteiger partial charge >= 0.3 is 0 Å². The van der Waals surface area contributed by atoms with Gasteiger partial charge in [-0.15, -0.1) is 0 Å². The second-order valence-electron chi connectivity index (χ2n) is 6.47. The van der Waals surface area contributed by atoms with Gasteiger partial charge in [0.25, 0.3) is 5.91 Å². The molecule has 2 aromatic rings. The number of carbonyl (C=O) groups excluding carboxylic acids is 2. The number of rotatable bonds is 3. The van der Waals surface area contributed by atoms with Crippen LogP contribution in [0.4, 0.5) is 14.5 Å². The molecule has 4 nitrogen and oxygen atoms in total. The van der Waals surface area contributed by atoms with Crippen molar-refractivity contribution in [3.8, 4) is 0 Å². The molecule has 26 heavy (non-hydrogen) atoms. The van der Waals surface area contributed by atoms with Crippen molar-refractivity contribution in [2.45, 2.75) is 13.8 Å². The molecule has 0 bridgehead atoms. The summed E-state index contributed by atoms with van der Waals surface area (Å²) < 4.78 is 28.0. The molecule has 1 heterocycles. The first kappa shape index (κ1) is 18.0. The van der Waals surface area contributed by atoms with Gasteiger partial charge in [0.2, 0.25) is 0 Å². The zero-order valence-corrected chi connectivity index (χ0v) is 14.8. The summed E-state index contributed by atoms with van der Waals surface area (Å²) in [6, 6.07) is 8.90. The predicted molar refractivity (Wildman–Crippen MR) is 95.7 cm³/mol. The van der Waals surface area contributed by atoms with Crippen LogP contribution in [-0.2, 0) is 0 Å². The SMILES string of the molecule is CC(=O)c1ccc(N2CCN(C(=O)c3ccc(C)c(F)c3)CC2)c(F)c1. The van der Waals surface area contributed by atoms with E-state index in [0.29, 0.717) is 48.6 Å². The summed E-state index contributed by atoms with van der Waals surface area (Å²) >= 11 is 0. The van der Waals surface area contributed by atoms with E-state index in [9.17, 15) is 18.4 Å². The molecule has 0 radical (unpaired) electrons. The van der Waals surface area contributed by atoms with Crippen LogP contribution in [0.3, 0.4) is 0 Å². The average Bonchev–Trinajstić information content (AvgIpc) is 2.63. The highest BCUT2D eigenvalue weighted by molar-refractivity contribution is 5.95. The van der Waals surface area contributed by atoms with Crippen LogP contribution in [0, 0.1) is 18.6 Å². The number of halogens is 2. The van der Waals surface area contributed by atoms with E-state index in [1.165, 1.54) is 19.1 Å². The number of ketones is 1. The van der Waals surface area contributed by atoms with Crippen molar-refractivity contribution in [2.24, 2.45) is 0 Å². The van der Waals surface area contributed by atoms with Crippen LogP contribution in [0.1, 0.15) is 33.2 Å². The molecule has 0 aromatic heterocycles. The fraction of sp³-hybridized carbons (Fsp3) is 0.300. The summed E-state index contributed by atoms with van der Waals surface area (Å²) in [7, 11) is 0. The molecular weight excluding hydrogens is 338 g/mol. The Kier molecular flexibility index (Phi) is 5.02. The largest absolute Gasteiger partial charge is 0.366 e. The zero-order chi connectivity index (χ0) is 18.8. The Hall–Kier alpha value is -2.76. The fourth-order valence-electron chi connectivity index (χ4n) is 3.04.